The van der Waals surface area contributed by atoms with Crippen molar-refractivity contribution in [3.63, 3.8) is 0 Å². The van der Waals surface area contributed by atoms with Crippen molar-refractivity contribution in [1.82, 2.24) is 0 Å². The van der Waals surface area contributed by atoms with Crippen LogP contribution in [0.25, 0.3) is 0 Å². The van der Waals surface area contributed by atoms with Crippen molar-refractivity contribution in [3.05, 3.63) is 29.8 Å². The van der Waals surface area contributed by atoms with Gasteiger partial charge < -0.3 is 15.2 Å². The Morgan fingerprint density at radius 1 is 0.735 bits per heavy atom. The van der Waals surface area contributed by atoms with E-state index in [-0.39, 0.29) is 0 Å². The van der Waals surface area contributed by atoms with E-state index in [1.165, 1.54) is 110 Å². The smallest absolute Gasteiger partial charge is 0.344 e. The van der Waals surface area contributed by atoms with Crippen LogP contribution in [0.5, 0.6) is 0 Å². The fourth-order valence-corrected chi connectivity index (χ4v) is 4.09. The highest BCUT2D eigenvalue weighted by Crippen LogP contribution is 2.15. The molecule has 0 amide bonds. The predicted molar refractivity (Wildman–Crippen MR) is 142 cm³/mol. The van der Waals surface area contributed by atoms with Gasteiger partial charge in [-0.2, -0.15) is 0 Å². The number of ether oxygens (including phenoxy) is 1. The second-order valence-electron chi connectivity index (χ2n) is 9.55. The van der Waals surface area contributed by atoms with Crippen molar-refractivity contribution in [2.24, 2.45) is 0 Å². The number of carboxylic acid groups (broad SMARTS) is 1. The minimum absolute atomic E-state index is 0.358. The molecule has 0 aromatic heterocycles. The zero-order valence-electron chi connectivity index (χ0n) is 21.8. The van der Waals surface area contributed by atoms with E-state index in [0.29, 0.717) is 5.56 Å². The zero-order chi connectivity index (χ0) is 24.9. The molecule has 1 rings (SSSR count). The first-order chi connectivity index (χ1) is 16.5. The number of aliphatic carboxylic acids is 1. The van der Waals surface area contributed by atoms with Gasteiger partial charge in [-0.05, 0) is 37.6 Å². The van der Waals surface area contributed by atoms with Crippen LogP contribution in [0.4, 0.5) is 5.69 Å². The Balaban J connectivity index is 1.90. The lowest BCUT2D eigenvalue weighted by Crippen LogP contribution is -2.23. The van der Waals surface area contributed by atoms with E-state index in [1.54, 1.807) is 12.1 Å². The largest absolute Gasteiger partial charge is 0.479 e. The number of unbranched alkanes of at least 4 members (excludes halogenated alkanes) is 16. The van der Waals surface area contributed by atoms with Gasteiger partial charge in [0.1, 0.15) is 0 Å². The van der Waals surface area contributed by atoms with E-state index in [2.05, 4.69) is 12.2 Å². The minimum Gasteiger partial charge on any atom is -0.479 e. The predicted octanol–water partition coefficient (Wildman–Crippen LogP) is 8.38. The van der Waals surface area contributed by atoms with Gasteiger partial charge in [-0.15, -0.1) is 0 Å². The number of rotatable bonds is 22. The molecule has 1 aromatic rings. The average Bonchev–Trinajstić information content (AvgIpc) is 2.83. The van der Waals surface area contributed by atoms with Gasteiger partial charge in [0.25, 0.3) is 0 Å². The molecule has 0 saturated heterocycles. The van der Waals surface area contributed by atoms with Crippen LogP contribution >= 0.6 is 0 Å². The van der Waals surface area contributed by atoms with Crippen LogP contribution in [0, 0.1) is 0 Å². The first-order valence-electron chi connectivity index (χ1n) is 13.8. The second-order valence-corrected chi connectivity index (χ2v) is 9.55. The lowest BCUT2D eigenvalue weighted by atomic mass is 10.0. The summed E-state index contributed by atoms with van der Waals surface area (Å²) in [6, 6.07) is 6.98. The lowest BCUT2D eigenvalue weighted by molar-refractivity contribution is -0.146. The maximum absolute atomic E-state index is 11.9. The van der Waals surface area contributed by atoms with Crippen molar-refractivity contribution in [2.45, 2.75) is 129 Å². The van der Waals surface area contributed by atoms with Crippen molar-refractivity contribution in [2.75, 3.05) is 11.9 Å². The summed E-state index contributed by atoms with van der Waals surface area (Å²) in [5.74, 6) is -1.77. The molecule has 1 aromatic carbocycles. The van der Waals surface area contributed by atoms with Crippen LogP contribution in [0.2, 0.25) is 0 Å². The van der Waals surface area contributed by atoms with Crippen LogP contribution in [0.15, 0.2) is 24.3 Å². The summed E-state index contributed by atoms with van der Waals surface area (Å²) < 4.78 is 4.88. The Kier molecular flexibility index (Phi) is 17.9. The highest BCUT2D eigenvalue weighted by molar-refractivity contribution is 5.91. The Morgan fingerprint density at radius 2 is 1.15 bits per heavy atom. The maximum atomic E-state index is 11.9. The summed E-state index contributed by atoms with van der Waals surface area (Å²) in [6.45, 7) is 4.54. The molecule has 0 bridgehead atoms. The van der Waals surface area contributed by atoms with Gasteiger partial charge >= 0.3 is 11.9 Å². The third kappa shape index (κ3) is 15.7. The molecule has 1 atom stereocenters. The van der Waals surface area contributed by atoms with Crippen molar-refractivity contribution in [1.29, 1.82) is 0 Å². The number of nitrogens with one attached hydrogen (secondary N) is 1. The molecular weight excluding hydrogens is 426 g/mol. The summed E-state index contributed by atoms with van der Waals surface area (Å²) in [6.07, 6.45) is 22.2. The molecule has 0 aliphatic carbocycles. The SMILES string of the molecule is CCCCCCCCCCCCCCCCCCCNc1ccc(C(=O)OC(C)C(=O)O)cc1. The Labute approximate surface area is 208 Å². The van der Waals surface area contributed by atoms with Crippen LogP contribution in [0.1, 0.15) is 133 Å². The van der Waals surface area contributed by atoms with E-state index >= 15 is 0 Å². The molecular formula is C29H49NO4. The number of carbonyl (C=O) groups excluding carboxylic acids is 1. The number of carboxylic acids is 1. The molecule has 1 unspecified atom stereocenters. The first-order valence-corrected chi connectivity index (χ1v) is 13.8. The molecule has 0 heterocycles. The molecule has 5 heteroatoms. The third-order valence-corrected chi connectivity index (χ3v) is 6.36. The van der Waals surface area contributed by atoms with Crippen LogP contribution in [-0.4, -0.2) is 29.7 Å². The molecule has 2 N–H and O–H groups in total. The number of hydrogen-bond donors (Lipinski definition) is 2. The summed E-state index contributed by atoms with van der Waals surface area (Å²) in [4.78, 5) is 22.7. The summed E-state index contributed by atoms with van der Waals surface area (Å²) in [5.41, 5.74) is 1.32. The van der Waals surface area contributed by atoms with E-state index in [4.69, 9.17) is 9.84 Å². The van der Waals surface area contributed by atoms with Crippen molar-refractivity contribution in [3.8, 4) is 0 Å². The van der Waals surface area contributed by atoms with Gasteiger partial charge in [-0.3, -0.25) is 0 Å². The van der Waals surface area contributed by atoms with Gasteiger partial charge in [-0.25, -0.2) is 9.59 Å². The quantitative estimate of drug-likeness (QED) is 0.130. The Morgan fingerprint density at radius 3 is 1.56 bits per heavy atom. The zero-order valence-corrected chi connectivity index (χ0v) is 21.8. The third-order valence-electron chi connectivity index (χ3n) is 6.36. The van der Waals surface area contributed by atoms with E-state index < -0.39 is 18.0 Å². The molecule has 0 saturated carbocycles. The molecule has 5 nitrogen and oxygen atoms in total. The average molecular weight is 476 g/mol. The molecule has 0 aliphatic heterocycles. The van der Waals surface area contributed by atoms with Gasteiger partial charge in [-0.1, -0.05) is 110 Å². The monoisotopic (exact) mass is 475 g/mol. The summed E-state index contributed by atoms with van der Waals surface area (Å²) >= 11 is 0. The topological polar surface area (TPSA) is 75.6 Å². The molecule has 0 radical (unpaired) electrons. The summed E-state index contributed by atoms with van der Waals surface area (Å²) in [5, 5.41) is 12.2. The molecule has 0 aliphatic rings. The van der Waals surface area contributed by atoms with E-state index in [1.807, 2.05) is 12.1 Å². The normalized spacial score (nSPS) is 11.8. The maximum Gasteiger partial charge on any atom is 0.344 e. The fourth-order valence-electron chi connectivity index (χ4n) is 4.09. The highest BCUT2D eigenvalue weighted by Gasteiger charge is 2.17. The number of esters is 1. The van der Waals surface area contributed by atoms with Crippen molar-refractivity contribution < 1.29 is 19.4 Å². The lowest BCUT2D eigenvalue weighted by Gasteiger charge is -2.10. The molecule has 0 fully saturated rings. The van der Waals surface area contributed by atoms with Gasteiger partial charge in [0.2, 0.25) is 0 Å². The highest BCUT2D eigenvalue weighted by atomic mass is 16.6. The first kappa shape index (κ1) is 30.0. The van der Waals surface area contributed by atoms with Crippen molar-refractivity contribution >= 4 is 17.6 Å². The number of carbonyl (C=O) groups is 2. The van der Waals surface area contributed by atoms with E-state index in [0.717, 1.165) is 18.7 Å². The van der Waals surface area contributed by atoms with Crippen LogP contribution in [-0.2, 0) is 9.53 Å². The number of hydrogen-bond acceptors (Lipinski definition) is 4. The second kappa shape index (κ2) is 20.3. The van der Waals surface area contributed by atoms with Gasteiger partial charge in [0.05, 0.1) is 5.56 Å². The standard InChI is InChI=1S/C29H49NO4/c1-3-4-5-6-7-8-9-10-11-12-13-14-15-16-17-18-19-24-30-27-22-20-26(21-23-27)29(33)34-25(2)28(31)32/h20-23,25,30H,3-19,24H2,1-2H3,(H,31,32). The fraction of sp³-hybridized carbons (Fsp3) is 0.724. The summed E-state index contributed by atoms with van der Waals surface area (Å²) in [7, 11) is 0. The van der Waals surface area contributed by atoms with Crippen LogP contribution < -0.4 is 5.32 Å². The number of benzene rings is 1. The number of anilines is 1. The Bertz CT molecular complexity index is 644. The Hall–Kier alpha value is -2.04. The molecule has 194 valence electrons. The minimum atomic E-state index is -1.15. The molecule has 0 spiro atoms. The van der Waals surface area contributed by atoms with Gasteiger partial charge in [0, 0.05) is 12.2 Å². The molecule has 34 heavy (non-hydrogen) atoms. The van der Waals surface area contributed by atoms with Gasteiger partial charge in [0.15, 0.2) is 6.10 Å². The van der Waals surface area contributed by atoms with E-state index in [9.17, 15) is 9.59 Å². The van der Waals surface area contributed by atoms with Crippen LogP contribution in [0.3, 0.4) is 0 Å².